The van der Waals surface area contributed by atoms with Crippen molar-refractivity contribution < 1.29 is 27.2 Å². The van der Waals surface area contributed by atoms with Crippen molar-refractivity contribution in [3.63, 3.8) is 0 Å². The molecule has 10 heteroatoms. The Labute approximate surface area is 186 Å². The smallest absolute Gasteiger partial charge is 0.269 e. The van der Waals surface area contributed by atoms with E-state index in [1.165, 1.54) is 47.4 Å². The molecule has 0 aliphatic carbocycles. The molecule has 3 amide bonds. The predicted octanol–water partition coefficient (Wildman–Crippen LogP) is 1.91. The van der Waals surface area contributed by atoms with Gasteiger partial charge in [-0.2, -0.15) is 0 Å². The third-order valence-electron chi connectivity index (χ3n) is 5.19. The van der Waals surface area contributed by atoms with Gasteiger partial charge >= 0.3 is 0 Å². The molecule has 0 saturated heterocycles. The van der Waals surface area contributed by atoms with Crippen molar-refractivity contribution in [2.75, 3.05) is 13.1 Å². The second kappa shape index (κ2) is 9.47. The van der Waals surface area contributed by atoms with Gasteiger partial charge in [-0.1, -0.05) is 31.2 Å². The number of hydrogen-bond acceptors (Lipinski definition) is 5. The molecule has 0 saturated carbocycles. The van der Waals surface area contributed by atoms with Gasteiger partial charge in [0, 0.05) is 13.1 Å². The summed E-state index contributed by atoms with van der Waals surface area (Å²) in [6, 6.07) is 10.3. The lowest BCUT2D eigenvalue weighted by atomic mass is 10.1. The number of rotatable bonds is 8. The fraction of sp³-hybridized carbons (Fsp3) is 0.318. The number of likely N-dealkylation sites (N-methyl/N-ethyl adjacent to an activating group) is 1. The number of fused-ring (bicyclic) bond motifs is 1. The highest BCUT2D eigenvalue weighted by Gasteiger charge is 2.43. The van der Waals surface area contributed by atoms with E-state index in [9.17, 15) is 27.2 Å². The summed E-state index contributed by atoms with van der Waals surface area (Å²) in [7, 11) is -4.18. The van der Waals surface area contributed by atoms with E-state index in [2.05, 4.69) is 5.32 Å². The first kappa shape index (κ1) is 23.4. The van der Waals surface area contributed by atoms with Crippen LogP contribution in [0.25, 0.3) is 0 Å². The van der Waals surface area contributed by atoms with Crippen LogP contribution in [0.2, 0.25) is 0 Å². The second-order valence-corrected chi connectivity index (χ2v) is 9.11. The average molecular weight is 462 g/mol. The maximum absolute atomic E-state index is 13.3. The molecule has 1 atom stereocenters. The Morgan fingerprint density at radius 3 is 2.34 bits per heavy atom. The number of nitrogens with zero attached hydrogens (tertiary/aromatic N) is 2. The summed E-state index contributed by atoms with van der Waals surface area (Å²) in [5.41, 5.74) is 0.558. The molecular weight excluding hydrogens is 437 g/mol. The van der Waals surface area contributed by atoms with Crippen molar-refractivity contribution in [1.82, 2.24) is 14.5 Å². The van der Waals surface area contributed by atoms with E-state index in [1.807, 2.05) is 0 Å². The summed E-state index contributed by atoms with van der Waals surface area (Å²) < 4.78 is 39.5. The lowest BCUT2D eigenvalue weighted by Gasteiger charge is -2.31. The summed E-state index contributed by atoms with van der Waals surface area (Å²) in [5.74, 6) is -2.35. The van der Waals surface area contributed by atoms with E-state index < -0.39 is 46.1 Å². The first-order chi connectivity index (χ1) is 15.2. The van der Waals surface area contributed by atoms with Crippen molar-refractivity contribution in [3.8, 4) is 0 Å². The van der Waals surface area contributed by atoms with Crippen molar-refractivity contribution >= 4 is 27.7 Å². The molecule has 2 aromatic rings. The Morgan fingerprint density at radius 1 is 1.09 bits per heavy atom. The molecule has 1 aliphatic heterocycles. The highest BCUT2D eigenvalue weighted by molar-refractivity contribution is 7.90. The van der Waals surface area contributed by atoms with E-state index in [1.54, 1.807) is 19.9 Å². The van der Waals surface area contributed by atoms with Crippen LogP contribution in [-0.2, 0) is 26.2 Å². The molecule has 0 spiro atoms. The lowest BCUT2D eigenvalue weighted by Crippen LogP contribution is -2.52. The van der Waals surface area contributed by atoms with Crippen LogP contribution in [0.1, 0.15) is 36.2 Å². The Morgan fingerprint density at radius 2 is 1.75 bits per heavy atom. The summed E-state index contributed by atoms with van der Waals surface area (Å²) >= 11 is 0. The van der Waals surface area contributed by atoms with Crippen LogP contribution in [0.15, 0.2) is 53.4 Å². The number of halogens is 1. The van der Waals surface area contributed by atoms with Crippen LogP contribution in [0, 0.1) is 5.82 Å². The van der Waals surface area contributed by atoms with Gasteiger partial charge in [0.25, 0.3) is 15.9 Å². The van der Waals surface area contributed by atoms with Crippen LogP contribution < -0.4 is 5.32 Å². The van der Waals surface area contributed by atoms with Gasteiger partial charge in [0.2, 0.25) is 11.8 Å². The minimum atomic E-state index is -4.18. The summed E-state index contributed by atoms with van der Waals surface area (Å²) in [6.45, 7) is 3.01. The van der Waals surface area contributed by atoms with Gasteiger partial charge < -0.3 is 10.2 Å². The highest BCUT2D eigenvalue weighted by Crippen LogP contribution is 2.30. The van der Waals surface area contributed by atoms with Crippen LogP contribution in [-0.4, -0.2) is 54.5 Å². The van der Waals surface area contributed by atoms with Crippen molar-refractivity contribution in [3.05, 3.63) is 65.5 Å². The maximum Gasteiger partial charge on any atom is 0.269 e. The number of benzene rings is 2. The minimum Gasteiger partial charge on any atom is -0.355 e. The third kappa shape index (κ3) is 4.50. The molecule has 0 bridgehead atoms. The summed E-state index contributed by atoms with van der Waals surface area (Å²) in [4.78, 5) is 39.7. The zero-order valence-electron chi connectivity index (χ0n) is 17.7. The van der Waals surface area contributed by atoms with E-state index in [-0.39, 0.29) is 23.4 Å². The number of nitrogens with one attached hydrogen (secondary N) is 1. The summed E-state index contributed by atoms with van der Waals surface area (Å²) in [6.07, 6.45) is 0.264. The number of carbonyl (C=O) groups excluding carboxylic acids is 3. The van der Waals surface area contributed by atoms with Gasteiger partial charge in [0.05, 0.1) is 5.56 Å². The molecular formula is C22H24FN3O5S. The quantitative estimate of drug-likeness (QED) is 0.647. The molecule has 0 radical (unpaired) electrons. The van der Waals surface area contributed by atoms with Crippen LogP contribution in [0.5, 0.6) is 0 Å². The number of amides is 3. The van der Waals surface area contributed by atoms with Gasteiger partial charge in [-0.05, 0) is 43.2 Å². The molecule has 1 aliphatic rings. The Bertz CT molecular complexity index is 1130. The molecule has 8 nitrogen and oxygen atoms in total. The maximum atomic E-state index is 13.3. The molecule has 0 aromatic heterocycles. The standard InChI is InChI=1S/C22H24FN3O5S/c1-3-18(21(28)24-4-2)25(13-15-9-11-16(23)12-10-15)20(27)14-26-22(29)17-7-5-6-8-19(17)32(26,30)31/h5-12,18H,3-4,13-14H2,1-2H3,(H,24,28). The SMILES string of the molecule is CCNC(=O)C(CC)N(Cc1ccc(F)cc1)C(=O)CN1C(=O)c2ccccc2S1(=O)=O. The van der Waals surface area contributed by atoms with Gasteiger partial charge in [-0.25, -0.2) is 17.1 Å². The number of hydrogen-bond donors (Lipinski definition) is 1. The van der Waals surface area contributed by atoms with Crippen LogP contribution >= 0.6 is 0 Å². The first-order valence-electron chi connectivity index (χ1n) is 10.2. The van der Waals surface area contributed by atoms with E-state index in [4.69, 9.17) is 0 Å². The molecule has 170 valence electrons. The first-order valence-corrected chi connectivity index (χ1v) is 11.6. The van der Waals surface area contributed by atoms with E-state index in [0.29, 0.717) is 16.4 Å². The Balaban J connectivity index is 1.92. The molecule has 2 aromatic carbocycles. The second-order valence-electron chi connectivity index (χ2n) is 7.28. The Hall–Kier alpha value is -3.27. The molecule has 3 rings (SSSR count). The number of carbonyl (C=O) groups is 3. The third-order valence-corrected chi connectivity index (χ3v) is 6.98. The normalized spacial score (nSPS) is 15.2. The van der Waals surface area contributed by atoms with Gasteiger partial charge in [0.15, 0.2) is 0 Å². The van der Waals surface area contributed by atoms with Gasteiger partial charge in [-0.3, -0.25) is 14.4 Å². The summed E-state index contributed by atoms with van der Waals surface area (Å²) in [5, 5.41) is 2.67. The van der Waals surface area contributed by atoms with Crippen LogP contribution in [0.3, 0.4) is 0 Å². The fourth-order valence-electron chi connectivity index (χ4n) is 3.60. The Kier molecular flexibility index (Phi) is 6.93. The zero-order valence-corrected chi connectivity index (χ0v) is 18.6. The minimum absolute atomic E-state index is 0.00107. The monoisotopic (exact) mass is 461 g/mol. The highest BCUT2D eigenvalue weighted by atomic mass is 32.2. The topological polar surface area (TPSA) is 104 Å². The van der Waals surface area contributed by atoms with Crippen molar-refractivity contribution in [2.45, 2.75) is 37.8 Å². The van der Waals surface area contributed by atoms with Gasteiger partial charge in [-0.15, -0.1) is 0 Å². The molecule has 1 unspecified atom stereocenters. The van der Waals surface area contributed by atoms with Crippen molar-refractivity contribution in [2.24, 2.45) is 0 Å². The fourth-order valence-corrected chi connectivity index (χ4v) is 5.12. The zero-order chi connectivity index (χ0) is 23.5. The van der Waals surface area contributed by atoms with Gasteiger partial charge in [0.1, 0.15) is 23.3 Å². The molecule has 0 fully saturated rings. The van der Waals surface area contributed by atoms with Crippen LogP contribution in [0.4, 0.5) is 4.39 Å². The average Bonchev–Trinajstić information content (AvgIpc) is 2.96. The molecule has 1 N–H and O–H groups in total. The van der Waals surface area contributed by atoms with E-state index >= 15 is 0 Å². The molecule has 32 heavy (non-hydrogen) atoms. The number of sulfonamides is 1. The lowest BCUT2D eigenvalue weighted by molar-refractivity contribution is -0.141. The van der Waals surface area contributed by atoms with Crippen molar-refractivity contribution in [1.29, 1.82) is 0 Å². The molecule has 1 heterocycles. The van der Waals surface area contributed by atoms with E-state index in [0.717, 1.165) is 0 Å². The largest absolute Gasteiger partial charge is 0.355 e. The predicted molar refractivity (Wildman–Crippen MR) is 114 cm³/mol.